The number of carbonyl (C=O) groups is 1. The summed E-state index contributed by atoms with van der Waals surface area (Å²) in [6, 6.07) is 6.55. The average molecular weight is 457 g/mol. The van der Waals surface area contributed by atoms with E-state index in [0.29, 0.717) is 24.9 Å². The number of aliphatic hydroxyl groups is 1. The Hall–Kier alpha value is -2.57. The van der Waals surface area contributed by atoms with Gasteiger partial charge in [0, 0.05) is 17.8 Å². The maximum Gasteiger partial charge on any atom is 0.156 e. The van der Waals surface area contributed by atoms with Crippen molar-refractivity contribution in [2.45, 2.75) is 77.2 Å². The Morgan fingerprint density at radius 1 is 1.26 bits per heavy atom. The van der Waals surface area contributed by atoms with Crippen molar-refractivity contribution < 1.29 is 14.6 Å². The molecular weight excluding hydrogens is 420 g/mol. The Labute approximate surface area is 204 Å². The zero-order chi connectivity index (χ0) is 24.1. The van der Waals surface area contributed by atoms with Crippen LogP contribution in [0.3, 0.4) is 0 Å². The summed E-state index contributed by atoms with van der Waals surface area (Å²) in [5.74, 6) is 8.51. The molecule has 1 aromatic carbocycles. The number of aryl methyl sites for hydroxylation is 1. The first kappa shape index (κ1) is 23.2. The first-order chi connectivity index (χ1) is 16.3. The lowest BCUT2D eigenvalue weighted by atomic mass is 9.51. The molecule has 0 spiro atoms. The summed E-state index contributed by atoms with van der Waals surface area (Å²) in [6.45, 7) is 10.5. The van der Waals surface area contributed by atoms with Crippen molar-refractivity contribution in [1.82, 2.24) is 0 Å². The molecule has 0 saturated heterocycles. The molecule has 2 fully saturated rings. The number of carbonyl (C=O) groups excluding carboxylic acids is 1. The molecular formula is C31H36O3. The van der Waals surface area contributed by atoms with Crippen molar-refractivity contribution in [1.29, 1.82) is 0 Å². The number of hydrogen-bond donors (Lipinski definition) is 1. The molecule has 0 amide bonds. The van der Waals surface area contributed by atoms with Gasteiger partial charge in [0.2, 0.25) is 0 Å². The number of ketones is 1. The van der Waals surface area contributed by atoms with Gasteiger partial charge in [-0.25, -0.2) is 0 Å². The summed E-state index contributed by atoms with van der Waals surface area (Å²) in [5, 5.41) is 11.8. The van der Waals surface area contributed by atoms with Gasteiger partial charge >= 0.3 is 0 Å². The maximum atomic E-state index is 12.2. The van der Waals surface area contributed by atoms with Crippen LogP contribution in [0.2, 0.25) is 0 Å². The summed E-state index contributed by atoms with van der Waals surface area (Å²) in [5.41, 5.74) is 5.45. The van der Waals surface area contributed by atoms with Gasteiger partial charge in [-0.15, -0.1) is 5.92 Å². The summed E-state index contributed by atoms with van der Waals surface area (Å²) in [6.07, 6.45) is 9.82. The van der Waals surface area contributed by atoms with Crippen LogP contribution in [0.25, 0.3) is 0 Å². The smallest absolute Gasteiger partial charge is 0.156 e. The molecule has 3 nitrogen and oxygen atoms in total. The molecule has 1 N–H and O–H groups in total. The predicted molar refractivity (Wildman–Crippen MR) is 136 cm³/mol. The summed E-state index contributed by atoms with van der Waals surface area (Å²) < 4.78 is 5.85. The topological polar surface area (TPSA) is 46.5 Å². The SMILES string of the molecule is C=CCOc1ccc([C@H]2C[C@@]3(C)[C@@H](CC[C@]3(O)C#CC)[C@@H]3CCC4=CC(=O)CCC4=C32)cc1C. The molecule has 4 aliphatic carbocycles. The first-order valence-corrected chi connectivity index (χ1v) is 12.8. The van der Waals surface area contributed by atoms with Crippen molar-refractivity contribution in [2.24, 2.45) is 17.3 Å². The minimum atomic E-state index is -0.943. The Bertz CT molecular complexity index is 1160. The lowest BCUT2D eigenvalue weighted by molar-refractivity contribution is -0.114. The van der Waals surface area contributed by atoms with E-state index in [1.54, 1.807) is 11.6 Å². The highest BCUT2D eigenvalue weighted by molar-refractivity contribution is 5.93. The average Bonchev–Trinajstić information content (AvgIpc) is 3.07. The van der Waals surface area contributed by atoms with Gasteiger partial charge in [-0.05, 0) is 98.6 Å². The van der Waals surface area contributed by atoms with Gasteiger partial charge in [0.1, 0.15) is 18.0 Å². The fourth-order valence-corrected chi connectivity index (χ4v) is 7.58. The summed E-state index contributed by atoms with van der Waals surface area (Å²) >= 11 is 0. The highest BCUT2D eigenvalue weighted by atomic mass is 16.5. The molecule has 0 aliphatic heterocycles. The van der Waals surface area contributed by atoms with Crippen LogP contribution in [-0.4, -0.2) is 23.1 Å². The van der Waals surface area contributed by atoms with E-state index >= 15 is 0 Å². The third-order valence-electron chi connectivity index (χ3n) is 9.18. The van der Waals surface area contributed by atoms with E-state index in [4.69, 9.17) is 4.74 Å². The molecule has 0 unspecified atom stereocenters. The van der Waals surface area contributed by atoms with E-state index in [1.165, 1.54) is 16.7 Å². The van der Waals surface area contributed by atoms with Crippen LogP contribution in [0.5, 0.6) is 5.75 Å². The van der Waals surface area contributed by atoms with E-state index in [1.807, 2.05) is 13.0 Å². The number of hydrogen-bond acceptors (Lipinski definition) is 3. The van der Waals surface area contributed by atoms with Gasteiger partial charge in [-0.3, -0.25) is 4.79 Å². The number of ether oxygens (including phenoxy) is 1. The Morgan fingerprint density at radius 2 is 2.09 bits per heavy atom. The van der Waals surface area contributed by atoms with E-state index in [0.717, 1.165) is 49.8 Å². The van der Waals surface area contributed by atoms with Crippen LogP contribution in [0.1, 0.15) is 75.8 Å². The second-order valence-electron chi connectivity index (χ2n) is 10.9. The van der Waals surface area contributed by atoms with E-state index < -0.39 is 5.60 Å². The van der Waals surface area contributed by atoms with Crippen molar-refractivity contribution >= 4 is 5.78 Å². The van der Waals surface area contributed by atoms with E-state index in [2.05, 4.69) is 50.5 Å². The van der Waals surface area contributed by atoms with Crippen LogP contribution >= 0.6 is 0 Å². The zero-order valence-corrected chi connectivity index (χ0v) is 20.7. The summed E-state index contributed by atoms with van der Waals surface area (Å²) in [7, 11) is 0. The normalized spacial score (nSPS) is 34.3. The van der Waals surface area contributed by atoms with Gasteiger partial charge in [-0.1, -0.05) is 43.2 Å². The fraction of sp³-hybridized carbons (Fsp3) is 0.516. The third-order valence-corrected chi connectivity index (χ3v) is 9.18. The van der Waals surface area contributed by atoms with Crippen LogP contribution in [0.4, 0.5) is 0 Å². The lowest BCUT2D eigenvalue weighted by Crippen LogP contribution is -2.51. The van der Waals surface area contributed by atoms with Crippen molar-refractivity contribution in [3.05, 3.63) is 64.8 Å². The van der Waals surface area contributed by atoms with Crippen molar-refractivity contribution in [3.63, 3.8) is 0 Å². The second kappa shape index (κ2) is 8.58. The fourth-order valence-electron chi connectivity index (χ4n) is 7.58. The largest absolute Gasteiger partial charge is 0.489 e. The van der Waals surface area contributed by atoms with Gasteiger partial charge in [-0.2, -0.15) is 0 Å². The van der Waals surface area contributed by atoms with Gasteiger partial charge in [0.25, 0.3) is 0 Å². The summed E-state index contributed by atoms with van der Waals surface area (Å²) in [4.78, 5) is 12.2. The van der Waals surface area contributed by atoms with Crippen molar-refractivity contribution in [2.75, 3.05) is 6.61 Å². The number of allylic oxidation sites excluding steroid dienone is 4. The molecule has 4 aliphatic rings. The minimum absolute atomic E-state index is 0.216. The van der Waals surface area contributed by atoms with Crippen LogP contribution in [-0.2, 0) is 4.79 Å². The molecule has 0 aromatic heterocycles. The lowest BCUT2D eigenvalue weighted by Gasteiger charge is -2.53. The minimum Gasteiger partial charge on any atom is -0.489 e. The van der Waals surface area contributed by atoms with E-state index in [9.17, 15) is 9.90 Å². The van der Waals surface area contributed by atoms with Crippen LogP contribution < -0.4 is 4.74 Å². The Balaban J connectivity index is 1.65. The quantitative estimate of drug-likeness (QED) is 0.433. The number of rotatable bonds is 4. The standard InChI is InChI=1S/C31H36O3/c1-5-14-31(33)15-13-27-25-10-7-22-18-23(32)9-11-24(22)29(25)26(19-30(27,31)4)21-8-12-28(20(3)17-21)34-16-6-2/h6,8,12,17-18,25-27,33H,2,7,9-11,13,15-16,19H2,1,3-4H3/t25-,26+,27-,30-,31+/m0/s1. The highest BCUT2D eigenvalue weighted by Crippen LogP contribution is 2.66. The molecule has 0 radical (unpaired) electrons. The highest BCUT2D eigenvalue weighted by Gasteiger charge is 2.62. The van der Waals surface area contributed by atoms with Crippen LogP contribution in [0, 0.1) is 36.0 Å². The molecule has 5 rings (SSSR count). The third kappa shape index (κ3) is 3.50. The molecule has 2 saturated carbocycles. The zero-order valence-electron chi connectivity index (χ0n) is 20.7. The van der Waals surface area contributed by atoms with Gasteiger partial charge in [0.15, 0.2) is 5.78 Å². The monoisotopic (exact) mass is 456 g/mol. The van der Waals surface area contributed by atoms with Crippen LogP contribution in [0.15, 0.2) is 53.6 Å². The molecule has 178 valence electrons. The van der Waals surface area contributed by atoms with Crippen molar-refractivity contribution in [3.8, 4) is 17.6 Å². The number of fused-ring (bicyclic) bond motifs is 4. The molecule has 1 aromatic rings. The second-order valence-corrected chi connectivity index (χ2v) is 10.9. The predicted octanol–water partition coefficient (Wildman–Crippen LogP) is 6.21. The first-order valence-electron chi connectivity index (χ1n) is 12.8. The molecule has 3 heteroatoms. The molecule has 0 heterocycles. The Kier molecular flexibility index (Phi) is 5.85. The molecule has 0 bridgehead atoms. The number of benzene rings is 1. The van der Waals surface area contributed by atoms with E-state index in [-0.39, 0.29) is 17.1 Å². The van der Waals surface area contributed by atoms with Gasteiger partial charge in [0.05, 0.1) is 0 Å². The maximum absolute atomic E-state index is 12.2. The molecule has 5 atom stereocenters. The Morgan fingerprint density at radius 3 is 2.82 bits per heavy atom. The molecule has 34 heavy (non-hydrogen) atoms. The van der Waals surface area contributed by atoms with Gasteiger partial charge < -0.3 is 9.84 Å².